The molecule has 4 nitrogen and oxygen atoms in total. The lowest BCUT2D eigenvalue weighted by Crippen LogP contribution is -2.45. The lowest BCUT2D eigenvalue weighted by Gasteiger charge is -2.40. The van der Waals surface area contributed by atoms with Gasteiger partial charge in [-0.05, 0) is 38.0 Å². The maximum Gasteiger partial charge on any atom is 0.122 e. The minimum absolute atomic E-state index is 0.394. The van der Waals surface area contributed by atoms with Crippen molar-refractivity contribution in [3.63, 3.8) is 0 Å². The number of aromatic nitrogens is 2. The van der Waals surface area contributed by atoms with Crippen LogP contribution in [-0.4, -0.2) is 26.8 Å². The second-order valence-corrected chi connectivity index (χ2v) is 6.62. The molecule has 0 atom stereocenters. The average Bonchev–Trinajstić information content (AvgIpc) is 2.81. The van der Waals surface area contributed by atoms with Crippen LogP contribution in [-0.2, 0) is 13.1 Å². The van der Waals surface area contributed by atoms with Crippen molar-refractivity contribution in [1.82, 2.24) is 14.9 Å². The molecule has 0 amide bonds. The molecule has 1 heterocycles. The van der Waals surface area contributed by atoms with E-state index in [1.165, 1.54) is 0 Å². The molecule has 2 N–H and O–H groups in total. The molecule has 108 valence electrons. The summed E-state index contributed by atoms with van der Waals surface area (Å²) >= 11 is 0. The summed E-state index contributed by atoms with van der Waals surface area (Å²) in [5, 5.41) is 13.9. The highest BCUT2D eigenvalue weighted by atomic mass is 16.3. The lowest BCUT2D eigenvalue weighted by molar-refractivity contribution is -0.0246. The topological polar surface area (TPSA) is 50.1 Å². The van der Waals surface area contributed by atoms with Crippen LogP contribution < -0.4 is 5.32 Å². The van der Waals surface area contributed by atoms with Gasteiger partial charge in [0.2, 0.25) is 0 Å². The zero-order valence-corrected chi connectivity index (χ0v) is 12.4. The van der Waals surface area contributed by atoms with E-state index in [9.17, 15) is 5.11 Å². The first-order valence-corrected chi connectivity index (χ1v) is 7.37. The molecule has 19 heavy (non-hydrogen) atoms. The predicted molar refractivity (Wildman–Crippen MR) is 76.8 cm³/mol. The number of nitrogens with one attached hydrogen (secondary N) is 1. The van der Waals surface area contributed by atoms with E-state index in [-0.39, 0.29) is 0 Å². The highest BCUT2D eigenvalue weighted by Gasteiger charge is 2.36. The Morgan fingerprint density at radius 1 is 1.32 bits per heavy atom. The summed E-state index contributed by atoms with van der Waals surface area (Å²) in [5.41, 5.74) is -0.135. The summed E-state index contributed by atoms with van der Waals surface area (Å²) in [4.78, 5) is 4.33. The Bertz CT molecular complexity index is 401. The lowest BCUT2D eigenvalue weighted by atomic mass is 9.71. The van der Waals surface area contributed by atoms with Crippen LogP contribution in [0.4, 0.5) is 0 Å². The minimum Gasteiger partial charge on any atom is -0.389 e. The second-order valence-electron chi connectivity index (χ2n) is 6.62. The molecule has 0 spiro atoms. The van der Waals surface area contributed by atoms with Gasteiger partial charge in [0, 0.05) is 25.5 Å². The number of aliphatic hydroxyl groups is 1. The van der Waals surface area contributed by atoms with Crippen LogP contribution in [0.1, 0.15) is 52.3 Å². The summed E-state index contributed by atoms with van der Waals surface area (Å²) in [6.07, 6.45) is 7.83. The zero-order valence-electron chi connectivity index (χ0n) is 12.4. The van der Waals surface area contributed by atoms with Gasteiger partial charge in [0.25, 0.3) is 0 Å². The number of rotatable bonds is 5. The standard InChI is InChI=1S/C15H27N3O/c1-4-18-10-9-17-13(18)11-16-12-15(19)7-5-14(2,3)6-8-15/h9-10,16,19H,4-8,11-12H2,1-3H3. The quantitative estimate of drug-likeness (QED) is 0.859. The van der Waals surface area contributed by atoms with Crippen LogP contribution in [0.3, 0.4) is 0 Å². The first-order chi connectivity index (χ1) is 8.94. The van der Waals surface area contributed by atoms with Crippen molar-refractivity contribution in [3.05, 3.63) is 18.2 Å². The van der Waals surface area contributed by atoms with Crippen LogP contribution in [0.15, 0.2) is 12.4 Å². The normalized spacial score (nSPS) is 21.5. The Morgan fingerprint density at radius 2 is 2.00 bits per heavy atom. The summed E-state index contributed by atoms with van der Waals surface area (Å²) in [5.74, 6) is 1.04. The van der Waals surface area contributed by atoms with Gasteiger partial charge in [-0.25, -0.2) is 4.98 Å². The van der Waals surface area contributed by atoms with E-state index in [0.29, 0.717) is 12.0 Å². The molecule has 0 saturated heterocycles. The van der Waals surface area contributed by atoms with Gasteiger partial charge in [-0.3, -0.25) is 0 Å². The van der Waals surface area contributed by atoms with Crippen molar-refractivity contribution >= 4 is 0 Å². The van der Waals surface area contributed by atoms with E-state index < -0.39 is 5.60 Å². The van der Waals surface area contributed by atoms with Crippen molar-refractivity contribution in [1.29, 1.82) is 0 Å². The Labute approximate surface area is 116 Å². The van der Waals surface area contributed by atoms with Gasteiger partial charge in [-0.2, -0.15) is 0 Å². The third-order valence-corrected chi connectivity index (χ3v) is 4.41. The van der Waals surface area contributed by atoms with Crippen molar-refractivity contribution in [2.45, 2.75) is 65.1 Å². The maximum absolute atomic E-state index is 10.6. The summed E-state index contributed by atoms with van der Waals surface area (Å²) in [7, 11) is 0. The molecule has 0 aliphatic heterocycles. The van der Waals surface area contributed by atoms with E-state index >= 15 is 0 Å². The molecule has 0 unspecified atom stereocenters. The van der Waals surface area contributed by atoms with Crippen molar-refractivity contribution in [3.8, 4) is 0 Å². The van der Waals surface area contributed by atoms with Gasteiger partial charge in [0.15, 0.2) is 0 Å². The second kappa shape index (κ2) is 5.63. The fraction of sp³-hybridized carbons (Fsp3) is 0.800. The van der Waals surface area contributed by atoms with E-state index in [1.807, 2.05) is 12.4 Å². The Balaban J connectivity index is 1.80. The van der Waals surface area contributed by atoms with Gasteiger partial charge >= 0.3 is 0 Å². The monoisotopic (exact) mass is 265 g/mol. The van der Waals surface area contributed by atoms with E-state index in [4.69, 9.17) is 0 Å². The van der Waals surface area contributed by atoms with Gasteiger partial charge < -0.3 is 15.0 Å². The Morgan fingerprint density at radius 3 is 2.63 bits per heavy atom. The van der Waals surface area contributed by atoms with Gasteiger partial charge in [-0.15, -0.1) is 0 Å². The Kier molecular flexibility index (Phi) is 4.31. The molecule has 2 rings (SSSR count). The van der Waals surface area contributed by atoms with Crippen LogP contribution in [0, 0.1) is 5.41 Å². The molecule has 1 saturated carbocycles. The highest BCUT2D eigenvalue weighted by molar-refractivity contribution is 4.94. The molecule has 0 bridgehead atoms. The van der Waals surface area contributed by atoms with Gasteiger partial charge in [-0.1, -0.05) is 13.8 Å². The van der Waals surface area contributed by atoms with Crippen molar-refractivity contribution < 1.29 is 5.11 Å². The molecular formula is C15H27N3O. The van der Waals surface area contributed by atoms with Crippen molar-refractivity contribution in [2.75, 3.05) is 6.54 Å². The molecule has 0 aromatic carbocycles. The third-order valence-electron chi connectivity index (χ3n) is 4.41. The van der Waals surface area contributed by atoms with E-state index in [1.54, 1.807) is 0 Å². The van der Waals surface area contributed by atoms with E-state index in [0.717, 1.165) is 44.6 Å². The van der Waals surface area contributed by atoms with Crippen LogP contribution in [0.2, 0.25) is 0 Å². The fourth-order valence-corrected chi connectivity index (χ4v) is 2.77. The van der Waals surface area contributed by atoms with Crippen LogP contribution >= 0.6 is 0 Å². The van der Waals surface area contributed by atoms with E-state index in [2.05, 4.69) is 35.6 Å². The average molecular weight is 265 g/mol. The molecule has 1 fully saturated rings. The molecule has 1 aromatic heterocycles. The van der Waals surface area contributed by atoms with Crippen molar-refractivity contribution in [2.24, 2.45) is 5.41 Å². The summed E-state index contributed by atoms with van der Waals surface area (Å²) in [6, 6.07) is 0. The first kappa shape index (κ1) is 14.5. The predicted octanol–water partition coefficient (Wildman–Crippen LogP) is 2.32. The van der Waals surface area contributed by atoms with Crippen LogP contribution in [0.25, 0.3) is 0 Å². The molecular weight excluding hydrogens is 238 g/mol. The number of nitrogens with zero attached hydrogens (tertiary/aromatic N) is 2. The molecule has 1 aliphatic carbocycles. The number of hydrogen-bond donors (Lipinski definition) is 2. The third kappa shape index (κ3) is 3.80. The SMILES string of the molecule is CCn1ccnc1CNCC1(O)CCC(C)(C)CC1. The number of imidazole rings is 1. The first-order valence-electron chi connectivity index (χ1n) is 7.37. The summed E-state index contributed by atoms with van der Waals surface area (Å²) < 4.78 is 2.13. The molecule has 4 heteroatoms. The number of hydrogen-bond acceptors (Lipinski definition) is 3. The smallest absolute Gasteiger partial charge is 0.122 e. The summed E-state index contributed by atoms with van der Waals surface area (Å²) in [6.45, 7) is 9.03. The highest BCUT2D eigenvalue weighted by Crippen LogP contribution is 2.39. The molecule has 1 aliphatic rings. The largest absolute Gasteiger partial charge is 0.389 e. The maximum atomic E-state index is 10.6. The number of aryl methyl sites for hydroxylation is 1. The van der Waals surface area contributed by atoms with Gasteiger partial charge in [0.1, 0.15) is 5.82 Å². The minimum atomic E-state index is -0.529. The fourth-order valence-electron chi connectivity index (χ4n) is 2.77. The zero-order chi connectivity index (χ0) is 13.9. The molecule has 0 radical (unpaired) electrons. The molecule has 1 aromatic rings. The van der Waals surface area contributed by atoms with Crippen LogP contribution in [0.5, 0.6) is 0 Å². The van der Waals surface area contributed by atoms with Gasteiger partial charge in [0.05, 0.1) is 12.1 Å². The Hall–Kier alpha value is -0.870.